The van der Waals surface area contributed by atoms with Crippen molar-refractivity contribution in [1.82, 2.24) is 0 Å². The Kier molecular flexibility index (Phi) is 4.67. The first kappa shape index (κ1) is 14.4. The number of aldehydes is 1. The van der Waals surface area contributed by atoms with Gasteiger partial charge < -0.3 is 9.84 Å². The zero-order chi connectivity index (χ0) is 13.8. The van der Waals surface area contributed by atoms with E-state index in [1.807, 2.05) is 0 Å². The molecule has 4 nitrogen and oxygen atoms in total. The minimum absolute atomic E-state index is 0.0372. The van der Waals surface area contributed by atoms with Gasteiger partial charge in [-0.3, -0.25) is 4.79 Å². The van der Waals surface area contributed by atoms with Crippen molar-refractivity contribution in [3.8, 4) is 5.75 Å². The predicted molar refractivity (Wildman–Crippen MR) is 71.9 cm³/mol. The van der Waals surface area contributed by atoms with Crippen molar-refractivity contribution >= 4 is 20.3 Å². The summed E-state index contributed by atoms with van der Waals surface area (Å²) in [5.41, 5.74) is 0.375. The van der Waals surface area contributed by atoms with Gasteiger partial charge in [0.2, 0.25) is 0 Å². The number of benzene rings is 1. The highest BCUT2D eigenvalue weighted by molar-refractivity contribution is 6.76. The number of phenolic OH excluding ortho intramolecular Hbond substituents is 1. The highest BCUT2D eigenvalue weighted by Gasteiger charge is 2.16. The Morgan fingerprint density at radius 1 is 1.39 bits per heavy atom. The number of carbonyl (C=O) groups is 2. The van der Waals surface area contributed by atoms with Crippen molar-refractivity contribution < 1.29 is 19.4 Å². The summed E-state index contributed by atoms with van der Waals surface area (Å²) >= 11 is 0. The van der Waals surface area contributed by atoms with E-state index in [1.54, 1.807) is 0 Å². The molecule has 0 radical (unpaired) electrons. The molecule has 0 aromatic heterocycles. The van der Waals surface area contributed by atoms with Crippen molar-refractivity contribution in [3.63, 3.8) is 0 Å². The lowest BCUT2D eigenvalue weighted by molar-refractivity contribution is 0.0522. The van der Waals surface area contributed by atoms with E-state index < -0.39 is 14.0 Å². The van der Waals surface area contributed by atoms with Crippen LogP contribution >= 0.6 is 0 Å². The third kappa shape index (κ3) is 4.33. The maximum atomic E-state index is 11.7. The molecule has 0 aliphatic carbocycles. The average Bonchev–Trinajstić information content (AvgIpc) is 2.27. The summed E-state index contributed by atoms with van der Waals surface area (Å²) in [7, 11) is -1.25. The highest BCUT2D eigenvalue weighted by atomic mass is 28.3. The van der Waals surface area contributed by atoms with Crippen LogP contribution in [0.1, 0.15) is 20.7 Å². The summed E-state index contributed by atoms with van der Waals surface area (Å²) in [5.74, 6) is -0.756. The SMILES string of the molecule is C[Si](C)(C)CCOC(=O)c1cc(C=O)ccc1O. The standard InChI is InChI=1S/C13H18O4Si/c1-18(2,3)7-6-17-13(16)11-8-10(9-14)4-5-12(11)15/h4-5,8-9,15H,6-7H2,1-3H3. The van der Waals surface area contributed by atoms with E-state index >= 15 is 0 Å². The molecule has 5 heteroatoms. The van der Waals surface area contributed by atoms with Gasteiger partial charge in [-0.25, -0.2) is 4.79 Å². The molecule has 0 aliphatic heterocycles. The number of ether oxygens (including phenoxy) is 1. The Labute approximate surface area is 108 Å². The molecule has 1 aromatic rings. The Hall–Kier alpha value is -1.62. The van der Waals surface area contributed by atoms with Gasteiger partial charge in [-0.15, -0.1) is 0 Å². The largest absolute Gasteiger partial charge is 0.507 e. The molecule has 1 rings (SSSR count). The number of hydrogen-bond donors (Lipinski definition) is 1. The number of phenols is 1. The van der Waals surface area contributed by atoms with Gasteiger partial charge in [0, 0.05) is 13.6 Å². The molecule has 98 valence electrons. The van der Waals surface area contributed by atoms with Crippen molar-refractivity contribution in [2.75, 3.05) is 6.61 Å². The molecular formula is C13H18O4Si. The third-order valence-corrected chi connectivity index (χ3v) is 4.17. The minimum atomic E-state index is -1.25. The number of rotatable bonds is 5. The fraction of sp³-hybridized carbons (Fsp3) is 0.385. The number of hydrogen-bond acceptors (Lipinski definition) is 4. The van der Waals surface area contributed by atoms with Crippen LogP contribution in [0.4, 0.5) is 0 Å². The van der Waals surface area contributed by atoms with Gasteiger partial charge in [0.25, 0.3) is 0 Å². The van der Waals surface area contributed by atoms with Crippen molar-refractivity contribution in [2.45, 2.75) is 25.7 Å². The average molecular weight is 266 g/mol. The fourth-order valence-electron chi connectivity index (χ4n) is 1.32. The van der Waals surface area contributed by atoms with Crippen LogP contribution in [0.2, 0.25) is 25.7 Å². The van der Waals surface area contributed by atoms with Crippen LogP contribution in [0.15, 0.2) is 18.2 Å². The second kappa shape index (κ2) is 5.82. The van der Waals surface area contributed by atoms with Crippen molar-refractivity contribution in [2.24, 2.45) is 0 Å². The van der Waals surface area contributed by atoms with E-state index in [0.717, 1.165) is 6.04 Å². The lowest BCUT2D eigenvalue weighted by atomic mass is 10.1. The predicted octanol–water partition coefficient (Wildman–Crippen LogP) is 2.70. The summed E-state index contributed by atoms with van der Waals surface area (Å²) in [6, 6.07) is 4.96. The zero-order valence-electron chi connectivity index (χ0n) is 10.9. The van der Waals surface area contributed by atoms with E-state index in [-0.39, 0.29) is 11.3 Å². The number of esters is 1. The van der Waals surface area contributed by atoms with E-state index in [1.165, 1.54) is 18.2 Å². The van der Waals surface area contributed by atoms with Crippen LogP contribution < -0.4 is 0 Å². The molecule has 0 unspecified atom stereocenters. The minimum Gasteiger partial charge on any atom is -0.507 e. The normalized spacial score (nSPS) is 11.1. The molecule has 1 N–H and O–H groups in total. The summed E-state index contributed by atoms with van der Waals surface area (Å²) in [6.45, 7) is 6.90. The summed E-state index contributed by atoms with van der Waals surface area (Å²) in [6.07, 6.45) is 0.623. The smallest absolute Gasteiger partial charge is 0.341 e. The first-order valence-corrected chi connectivity index (χ1v) is 9.49. The second-order valence-corrected chi connectivity index (χ2v) is 11.0. The molecule has 0 aliphatic rings. The molecule has 0 bridgehead atoms. The van der Waals surface area contributed by atoms with E-state index in [9.17, 15) is 14.7 Å². The first-order valence-electron chi connectivity index (χ1n) is 5.79. The fourth-order valence-corrected chi connectivity index (χ4v) is 2.03. The Morgan fingerprint density at radius 3 is 2.61 bits per heavy atom. The van der Waals surface area contributed by atoms with Crippen LogP contribution in [0.3, 0.4) is 0 Å². The number of aromatic hydroxyl groups is 1. The van der Waals surface area contributed by atoms with Crippen molar-refractivity contribution in [1.29, 1.82) is 0 Å². The van der Waals surface area contributed by atoms with Crippen LogP contribution in [0.25, 0.3) is 0 Å². The molecular weight excluding hydrogens is 248 g/mol. The molecule has 0 saturated heterocycles. The van der Waals surface area contributed by atoms with Gasteiger partial charge in [0.15, 0.2) is 0 Å². The molecule has 0 saturated carbocycles. The lowest BCUT2D eigenvalue weighted by Crippen LogP contribution is -2.22. The van der Waals surface area contributed by atoms with Gasteiger partial charge in [-0.05, 0) is 24.2 Å². The lowest BCUT2D eigenvalue weighted by Gasteiger charge is -2.15. The van der Waals surface area contributed by atoms with Gasteiger partial charge >= 0.3 is 5.97 Å². The van der Waals surface area contributed by atoms with E-state index in [2.05, 4.69) is 19.6 Å². The van der Waals surface area contributed by atoms with Gasteiger partial charge in [-0.2, -0.15) is 0 Å². The molecule has 1 aromatic carbocycles. The maximum absolute atomic E-state index is 11.7. The molecule has 18 heavy (non-hydrogen) atoms. The number of carbonyl (C=O) groups excluding carboxylic acids is 2. The Morgan fingerprint density at radius 2 is 2.06 bits per heavy atom. The molecule has 0 atom stereocenters. The summed E-state index contributed by atoms with van der Waals surface area (Å²) in [5, 5.41) is 9.55. The third-order valence-electron chi connectivity index (χ3n) is 2.46. The van der Waals surface area contributed by atoms with Crippen molar-refractivity contribution in [3.05, 3.63) is 29.3 Å². The summed E-state index contributed by atoms with van der Waals surface area (Å²) < 4.78 is 5.10. The Bertz CT molecular complexity index is 449. The van der Waals surface area contributed by atoms with Crippen LogP contribution in [-0.2, 0) is 4.74 Å². The maximum Gasteiger partial charge on any atom is 0.341 e. The van der Waals surface area contributed by atoms with E-state index in [0.29, 0.717) is 18.5 Å². The Balaban J connectivity index is 2.69. The second-order valence-electron chi connectivity index (χ2n) is 5.34. The van der Waals surface area contributed by atoms with Crippen LogP contribution in [0.5, 0.6) is 5.75 Å². The zero-order valence-corrected chi connectivity index (χ0v) is 11.9. The topological polar surface area (TPSA) is 63.6 Å². The van der Waals surface area contributed by atoms with Gasteiger partial charge in [0.1, 0.15) is 17.6 Å². The first-order chi connectivity index (χ1) is 8.33. The van der Waals surface area contributed by atoms with Crippen LogP contribution in [0, 0.1) is 0 Å². The molecule has 0 spiro atoms. The quantitative estimate of drug-likeness (QED) is 0.505. The molecule has 0 heterocycles. The van der Waals surface area contributed by atoms with E-state index in [4.69, 9.17) is 4.74 Å². The van der Waals surface area contributed by atoms with Crippen LogP contribution in [-0.4, -0.2) is 32.0 Å². The monoisotopic (exact) mass is 266 g/mol. The summed E-state index contributed by atoms with van der Waals surface area (Å²) in [4.78, 5) is 22.3. The molecule has 0 fully saturated rings. The molecule has 0 amide bonds. The van der Waals surface area contributed by atoms with Gasteiger partial charge in [-0.1, -0.05) is 19.6 Å². The van der Waals surface area contributed by atoms with Gasteiger partial charge in [0.05, 0.1) is 6.61 Å². The highest BCUT2D eigenvalue weighted by Crippen LogP contribution is 2.19.